The molecule has 0 aromatic heterocycles. The van der Waals surface area contributed by atoms with Crippen LogP contribution in [-0.4, -0.2) is 10.7 Å². The van der Waals surface area contributed by atoms with Crippen LogP contribution < -0.4 is 0 Å². The summed E-state index contributed by atoms with van der Waals surface area (Å²) >= 11 is 4.69. The van der Waals surface area contributed by atoms with Crippen molar-refractivity contribution in [2.75, 3.05) is 0 Å². The molecule has 0 radical (unpaired) electrons. The van der Waals surface area contributed by atoms with Gasteiger partial charge >= 0.3 is 0 Å². The number of nitrogens with zero attached hydrogens (tertiary/aromatic N) is 1. The van der Waals surface area contributed by atoms with E-state index in [4.69, 9.17) is 0 Å². The van der Waals surface area contributed by atoms with E-state index in [9.17, 15) is 0 Å². The van der Waals surface area contributed by atoms with E-state index >= 15 is 0 Å². The first-order chi connectivity index (χ1) is 7.37. The molecule has 0 aliphatic heterocycles. The van der Waals surface area contributed by atoms with Crippen LogP contribution in [0.1, 0.15) is 39.7 Å². The number of thiocarbonyl (C=S) groups is 1. The summed E-state index contributed by atoms with van der Waals surface area (Å²) in [6.45, 7) is 8.67. The molecule has 0 aliphatic rings. The maximum Gasteiger partial charge on any atom is 0.0663 e. The number of rotatable bonds is 4. The Bertz CT molecular complexity index is 386. The monoisotopic (exact) mass is 233 g/mol. The topological polar surface area (TPSA) is 12.4 Å². The SMILES string of the molecule is CC(C)(CC(C)(C)c1ccccc1)N=C=S. The third-order valence-corrected chi connectivity index (χ3v) is 2.87. The van der Waals surface area contributed by atoms with Gasteiger partial charge < -0.3 is 0 Å². The lowest BCUT2D eigenvalue weighted by molar-refractivity contribution is 0.354. The molecule has 0 bridgehead atoms. The van der Waals surface area contributed by atoms with Gasteiger partial charge in [-0.3, -0.25) is 0 Å². The molecule has 1 aromatic rings. The molecule has 0 fully saturated rings. The third-order valence-electron chi connectivity index (χ3n) is 2.78. The lowest BCUT2D eigenvalue weighted by Gasteiger charge is -2.32. The molecule has 0 aliphatic carbocycles. The highest BCUT2D eigenvalue weighted by atomic mass is 32.1. The van der Waals surface area contributed by atoms with Gasteiger partial charge in [0.15, 0.2) is 0 Å². The van der Waals surface area contributed by atoms with Gasteiger partial charge in [-0.05, 0) is 43.5 Å². The lowest BCUT2D eigenvalue weighted by Crippen LogP contribution is -2.29. The Morgan fingerprint density at radius 2 is 1.69 bits per heavy atom. The van der Waals surface area contributed by atoms with Crippen LogP contribution in [0.4, 0.5) is 0 Å². The van der Waals surface area contributed by atoms with Crippen LogP contribution in [0.3, 0.4) is 0 Å². The molecule has 0 atom stereocenters. The first-order valence-corrected chi connectivity index (χ1v) is 5.93. The highest BCUT2D eigenvalue weighted by molar-refractivity contribution is 7.78. The van der Waals surface area contributed by atoms with Crippen molar-refractivity contribution in [1.82, 2.24) is 0 Å². The summed E-state index contributed by atoms with van der Waals surface area (Å²) < 4.78 is 0. The second kappa shape index (κ2) is 4.90. The molecule has 0 saturated carbocycles. The molecule has 1 aromatic carbocycles. The second-order valence-electron chi connectivity index (χ2n) is 5.44. The number of benzene rings is 1. The molecule has 0 unspecified atom stereocenters. The molecular weight excluding hydrogens is 214 g/mol. The molecule has 2 heteroatoms. The van der Waals surface area contributed by atoms with Crippen molar-refractivity contribution in [1.29, 1.82) is 0 Å². The molecule has 0 saturated heterocycles. The van der Waals surface area contributed by atoms with E-state index in [2.05, 4.69) is 74.3 Å². The fourth-order valence-electron chi connectivity index (χ4n) is 2.24. The van der Waals surface area contributed by atoms with Crippen LogP contribution >= 0.6 is 12.2 Å². The Hall–Kier alpha value is -0.980. The van der Waals surface area contributed by atoms with Gasteiger partial charge in [0.2, 0.25) is 0 Å². The van der Waals surface area contributed by atoms with Crippen LogP contribution in [-0.2, 0) is 5.41 Å². The van der Waals surface area contributed by atoms with E-state index in [0.717, 1.165) is 6.42 Å². The molecule has 1 rings (SSSR count). The van der Waals surface area contributed by atoms with Gasteiger partial charge in [0.1, 0.15) is 0 Å². The highest BCUT2D eigenvalue weighted by Gasteiger charge is 2.29. The minimum absolute atomic E-state index is 0.0977. The van der Waals surface area contributed by atoms with Gasteiger partial charge in [-0.1, -0.05) is 44.2 Å². The molecule has 0 N–H and O–H groups in total. The maximum atomic E-state index is 4.69. The van der Waals surface area contributed by atoms with E-state index < -0.39 is 0 Å². The summed E-state index contributed by atoms with van der Waals surface area (Å²) in [5.74, 6) is 0. The van der Waals surface area contributed by atoms with Crippen LogP contribution in [0.25, 0.3) is 0 Å². The van der Waals surface area contributed by atoms with Gasteiger partial charge in [-0.25, -0.2) is 4.99 Å². The smallest absolute Gasteiger partial charge is 0.0663 e. The molecule has 1 nitrogen and oxygen atoms in total. The first-order valence-electron chi connectivity index (χ1n) is 5.52. The van der Waals surface area contributed by atoms with Crippen molar-refractivity contribution in [2.45, 2.75) is 45.1 Å². The summed E-state index contributed by atoms with van der Waals surface area (Å²) in [5, 5.41) is 2.49. The van der Waals surface area contributed by atoms with Crippen molar-refractivity contribution in [3.8, 4) is 0 Å². The van der Waals surface area contributed by atoms with Gasteiger partial charge in [0, 0.05) is 0 Å². The summed E-state index contributed by atoms with van der Waals surface area (Å²) in [7, 11) is 0. The van der Waals surface area contributed by atoms with Crippen molar-refractivity contribution in [2.24, 2.45) is 4.99 Å². The summed E-state index contributed by atoms with van der Waals surface area (Å²) in [4.78, 5) is 4.23. The minimum Gasteiger partial charge on any atom is -0.226 e. The number of isothiocyanates is 1. The zero-order valence-electron chi connectivity index (χ0n) is 10.4. The second-order valence-corrected chi connectivity index (χ2v) is 5.62. The molecule has 16 heavy (non-hydrogen) atoms. The lowest BCUT2D eigenvalue weighted by atomic mass is 9.75. The first kappa shape index (κ1) is 13.1. The van der Waals surface area contributed by atoms with Crippen LogP contribution in [0.2, 0.25) is 0 Å². The van der Waals surface area contributed by atoms with Crippen molar-refractivity contribution < 1.29 is 0 Å². The molecule has 0 amide bonds. The Morgan fingerprint density at radius 3 is 2.19 bits per heavy atom. The van der Waals surface area contributed by atoms with Crippen molar-refractivity contribution in [3.63, 3.8) is 0 Å². The molecule has 86 valence electrons. The van der Waals surface area contributed by atoms with Gasteiger partial charge in [0.05, 0.1) is 10.7 Å². The number of hydrogen-bond acceptors (Lipinski definition) is 2. The number of aliphatic imine (C=N–C) groups is 1. The van der Waals surface area contributed by atoms with Gasteiger partial charge in [0.25, 0.3) is 0 Å². The van der Waals surface area contributed by atoms with Crippen molar-refractivity contribution >= 4 is 17.4 Å². The number of hydrogen-bond donors (Lipinski definition) is 0. The Labute approximate surface area is 104 Å². The predicted molar refractivity (Wildman–Crippen MR) is 73.2 cm³/mol. The molecular formula is C14H19NS. The quantitative estimate of drug-likeness (QED) is 0.560. The molecule has 0 heterocycles. The third kappa shape index (κ3) is 3.55. The van der Waals surface area contributed by atoms with Crippen LogP contribution in [0.15, 0.2) is 35.3 Å². The fraction of sp³-hybridized carbons (Fsp3) is 0.500. The zero-order chi connectivity index (χ0) is 12.2. The predicted octanol–water partition coefficient (Wildman–Crippen LogP) is 4.24. The maximum absolute atomic E-state index is 4.69. The highest BCUT2D eigenvalue weighted by Crippen LogP contribution is 2.33. The van der Waals surface area contributed by atoms with Crippen LogP contribution in [0.5, 0.6) is 0 Å². The van der Waals surface area contributed by atoms with E-state index in [1.54, 1.807) is 0 Å². The van der Waals surface area contributed by atoms with Gasteiger partial charge in [-0.2, -0.15) is 0 Å². The zero-order valence-corrected chi connectivity index (χ0v) is 11.3. The summed E-state index contributed by atoms with van der Waals surface area (Å²) in [5.41, 5.74) is 1.28. The molecule has 0 spiro atoms. The average molecular weight is 233 g/mol. The fourth-order valence-corrected chi connectivity index (χ4v) is 2.48. The summed E-state index contributed by atoms with van der Waals surface area (Å²) in [6.07, 6.45) is 0.952. The van der Waals surface area contributed by atoms with E-state index in [1.807, 2.05) is 6.07 Å². The van der Waals surface area contributed by atoms with Crippen molar-refractivity contribution in [3.05, 3.63) is 35.9 Å². The largest absolute Gasteiger partial charge is 0.226 e. The average Bonchev–Trinajstić information content (AvgIpc) is 2.17. The van der Waals surface area contributed by atoms with Crippen LogP contribution in [0, 0.1) is 0 Å². The minimum atomic E-state index is -0.152. The van der Waals surface area contributed by atoms with Gasteiger partial charge in [-0.15, -0.1) is 0 Å². The standard InChI is InChI=1S/C14H19NS/c1-13(2,10-14(3,4)15-11-16)12-8-6-5-7-9-12/h5-9H,10H2,1-4H3. The van der Waals surface area contributed by atoms with E-state index in [1.165, 1.54) is 5.56 Å². The Morgan fingerprint density at radius 1 is 1.12 bits per heavy atom. The van der Waals surface area contributed by atoms with E-state index in [-0.39, 0.29) is 11.0 Å². The normalized spacial score (nSPS) is 12.0. The van der Waals surface area contributed by atoms with E-state index in [0.29, 0.717) is 0 Å². The Kier molecular flexibility index (Phi) is 4.01. The summed E-state index contributed by atoms with van der Waals surface area (Å²) in [6, 6.07) is 10.5. The Balaban J connectivity index is 2.92.